The van der Waals surface area contributed by atoms with E-state index < -0.39 is 0 Å². The van der Waals surface area contributed by atoms with E-state index in [4.69, 9.17) is 0 Å². The first kappa shape index (κ1) is 13.6. The van der Waals surface area contributed by atoms with Gasteiger partial charge in [0.15, 0.2) is 0 Å². The summed E-state index contributed by atoms with van der Waals surface area (Å²) in [6.07, 6.45) is 0. The number of imidazole rings is 1. The molecule has 1 aromatic heterocycles. The summed E-state index contributed by atoms with van der Waals surface area (Å²) in [7, 11) is 2.03. The molecule has 0 saturated heterocycles. The third-order valence-corrected chi connectivity index (χ3v) is 3.80. The zero-order valence-electron chi connectivity index (χ0n) is 12.2. The second-order valence-corrected chi connectivity index (χ2v) is 5.25. The summed E-state index contributed by atoms with van der Waals surface area (Å²) in [5, 5.41) is 13.2. The Morgan fingerprint density at radius 2 is 1.86 bits per heavy atom. The summed E-state index contributed by atoms with van der Waals surface area (Å²) in [5.41, 5.74) is 3.03. The van der Waals surface area contributed by atoms with Gasteiger partial charge in [-0.15, -0.1) is 0 Å². The van der Waals surface area contributed by atoms with Crippen molar-refractivity contribution in [1.29, 1.82) is 0 Å². The Hall–Kier alpha value is -2.33. The van der Waals surface area contributed by atoms with Crippen molar-refractivity contribution in [3.63, 3.8) is 0 Å². The molecule has 4 heteroatoms. The minimum atomic E-state index is 0.0991. The molecule has 3 rings (SSSR count). The van der Waals surface area contributed by atoms with Crippen molar-refractivity contribution in [3.05, 3.63) is 59.9 Å². The zero-order chi connectivity index (χ0) is 14.8. The van der Waals surface area contributed by atoms with Crippen molar-refractivity contribution >= 4 is 11.0 Å². The van der Waals surface area contributed by atoms with Crippen molar-refractivity contribution in [3.8, 4) is 5.75 Å². The van der Waals surface area contributed by atoms with Crippen molar-refractivity contribution < 1.29 is 5.11 Å². The lowest BCUT2D eigenvalue weighted by Crippen LogP contribution is -2.21. The second kappa shape index (κ2) is 5.58. The van der Waals surface area contributed by atoms with Crippen LogP contribution in [0.2, 0.25) is 0 Å². The van der Waals surface area contributed by atoms with E-state index in [1.54, 1.807) is 6.07 Å². The molecule has 0 fully saturated rings. The number of para-hydroxylation sites is 3. The highest BCUT2D eigenvalue weighted by molar-refractivity contribution is 5.75. The number of aromatic nitrogens is 2. The number of phenols is 1. The highest BCUT2D eigenvalue weighted by Crippen LogP contribution is 2.21. The zero-order valence-corrected chi connectivity index (χ0v) is 12.2. The fourth-order valence-corrected chi connectivity index (χ4v) is 2.57. The number of hydrogen-bond acceptors (Lipinski definition) is 3. The highest BCUT2D eigenvalue weighted by Gasteiger charge is 2.14. The average Bonchev–Trinajstić information content (AvgIpc) is 2.84. The molecule has 0 bridgehead atoms. The summed E-state index contributed by atoms with van der Waals surface area (Å²) in [4.78, 5) is 4.68. The van der Waals surface area contributed by atoms with Gasteiger partial charge in [0.25, 0.3) is 0 Å². The lowest BCUT2D eigenvalue weighted by atomic mass is 10.2. The minimum Gasteiger partial charge on any atom is -0.508 e. The first-order chi connectivity index (χ1) is 10.2. The number of aromatic hydroxyl groups is 1. The minimum absolute atomic E-state index is 0.0991. The smallest absolute Gasteiger partial charge is 0.126 e. The van der Waals surface area contributed by atoms with E-state index >= 15 is 0 Å². The Kier molecular flexibility index (Phi) is 3.62. The molecule has 0 radical (unpaired) electrons. The molecule has 2 N–H and O–H groups in total. The maximum atomic E-state index is 9.80. The largest absolute Gasteiger partial charge is 0.508 e. The van der Waals surface area contributed by atoms with E-state index in [2.05, 4.69) is 27.9 Å². The number of nitrogens with one attached hydrogen (secondary N) is 1. The molecule has 3 aromatic rings. The van der Waals surface area contributed by atoms with Gasteiger partial charge in [-0.05, 0) is 25.1 Å². The molecule has 21 heavy (non-hydrogen) atoms. The van der Waals surface area contributed by atoms with Crippen LogP contribution in [0.4, 0.5) is 0 Å². The van der Waals surface area contributed by atoms with Crippen LogP contribution in [-0.4, -0.2) is 14.7 Å². The van der Waals surface area contributed by atoms with E-state index in [1.165, 1.54) is 0 Å². The predicted molar refractivity (Wildman–Crippen MR) is 84.1 cm³/mol. The quantitative estimate of drug-likeness (QED) is 0.772. The summed E-state index contributed by atoms with van der Waals surface area (Å²) in [5.74, 6) is 1.31. The van der Waals surface area contributed by atoms with Gasteiger partial charge < -0.3 is 15.0 Å². The van der Waals surface area contributed by atoms with E-state index in [1.807, 2.05) is 43.4 Å². The van der Waals surface area contributed by atoms with Crippen LogP contribution in [0.1, 0.15) is 24.4 Å². The molecule has 1 atom stereocenters. The van der Waals surface area contributed by atoms with Crippen LogP contribution in [0.3, 0.4) is 0 Å². The molecule has 0 aliphatic carbocycles. The monoisotopic (exact) mass is 281 g/mol. The highest BCUT2D eigenvalue weighted by atomic mass is 16.3. The van der Waals surface area contributed by atoms with E-state index in [0.29, 0.717) is 12.3 Å². The molecule has 0 saturated carbocycles. The van der Waals surface area contributed by atoms with Crippen LogP contribution in [0.25, 0.3) is 11.0 Å². The summed E-state index contributed by atoms with van der Waals surface area (Å²) in [6.45, 7) is 2.69. The van der Waals surface area contributed by atoms with Crippen molar-refractivity contribution in [2.45, 2.75) is 19.5 Å². The maximum Gasteiger partial charge on any atom is 0.126 e. The van der Waals surface area contributed by atoms with Gasteiger partial charge >= 0.3 is 0 Å². The number of fused-ring (bicyclic) bond motifs is 1. The Balaban J connectivity index is 1.80. The Morgan fingerprint density at radius 3 is 2.62 bits per heavy atom. The van der Waals surface area contributed by atoms with Gasteiger partial charge in [0.1, 0.15) is 11.6 Å². The first-order valence-electron chi connectivity index (χ1n) is 7.08. The van der Waals surface area contributed by atoms with Gasteiger partial charge in [-0.25, -0.2) is 4.98 Å². The number of phenolic OH excluding ortho intramolecular Hbond substituents is 1. The standard InChI is InChI=1S/C17H19N3O/c1-12(18-11-13-7-3-6-10-16(13)21)17-19-14-8-4-5-9-15(14)20(17)2/h3-10,12,18,21H,11H2,1-2H3. The Bertz CT molecular complexity index is 764. The van der Waals surface area contributed by atoms with Crippen LogP contribution < -0.4 is 5.32 Å². The van der Waals surface area contributed by atoms with Gasteiger partial charge in [-0.3, -0.25) is 0 Å². The van der Waals surface area contributed by atoms with Crippen molar-refractivity contribution in [2.75, 3.05) is 0 Å². The molecule has 0 aliphatic heterocycles. The molecule has 1 unspecified atom stereocenters. The van der Waals surface area contributed by atoms with Crippen LogP contribution in [-0.2, 0) is 13.6 Å². The molecule has 108 valence electrons. The molecule has 1 heterocycles. The molecular weight excluding hydrogens is 262 g/mol. The topological polar surface area (TPSA) is 50.1 Å². The molecule has 4 nitrogen and oxygen atoms in total. The molecule has 0 aliphatic rings. The van der Waals surface area contributed by atoms with Gasteiger partial charge in [0.05, 0.1) is 17.1 Å². The summed E-state index contributed by atoms with van der Waals surface area (Å²) in [6, 6.07) is 15.6. The van der Waals surface area contributed by atoms with Gasteiger partial charge in [0, 0.05) is 19.2 Å². The van der Waals surface area contributed by atoms with Crippen LogP contribution in [0.5, 0.6) is 5.75 Å². The van der Waals surface area contributed by atoms with Gasteiger partial charge in [0.2, 0.25) is 0 Å². The number of benzene rings is 2. The normalized spacial score (nSPS) is 12.7. The lowest BCUT2D eigenvalue weighted by molar-refractivity contribution is 0.457. The third kappa shape index (κ3) is 2.62. The maximum absolute atomic E-state index is 9.80. The van der Waals surface area contributed by atoms with E-state index in [0.717, 1.165) is 22.4 Å². The molecular formula is C17H19N3O. The number of nitrogens with zero attached hydrogens (tertiary/aromatic N) is 2. The Morgan fingerprint density at radius 1 is 1.14 bits per heavy atom. The lowest BCUT2D eigenvalue weighted by Gasteiger charge is -2.14. The summed E-state index contributed by atoms with van der Waals surface area (Å²) < 4.78 is 2.11. The van der Waals surface area contributed by atoms with Crippen LogP contribution >= 0.6 is 0 Å². The van der Waals surface area contributed by atoms with Crippen LogP contribution in [0, 0.1) is 0 Å². The van der Waals surface area contributed by atoms with Crippen molar-refractivity contribution in [1.82, 2.24) is 14.9 Å². The number of rotatable bonds is 4. The second-order valence-electron chi connectivity index (χ2n) is 5.25. The van der Waals surface area contributed by atoms with Crippen molar-refractivity contribution in [2.24, 2.45) is 7.05 Å². The third-order valence-electron chi connectivity index (χ3n) is 3.80. The SMILES string of the molecule is CC(NCc1ccccc1O)c1nc2ccccc2n1C. The van der Waals surface area contributed by atoms with E-state index in [9.17, 15) is 5.11 Å². The molecule has 0 amide bonds. The van der Waals surface area contributed by atoms with Gasteiger partial charge in [-0.1, -0.05) is 30.3 Å². The predicted octanol–water partition coefficient (Wildman–Crippen LogP) is 3.13. The molecule has 0 spiro atoms. The summed E-state index contributed by atoms with van der Waals surface area (Å²) >= 11 is 0. The Labute approximate surface area is 124 Å². The number of aryl methyl sites for hydroxylation is 1. The average molecular weight is 281 g/mol. The first-order valence-corrected chi connectivity index (χ1v) is 7.08. The fourth-order valence-electron chi connectivity index (χ4n) is 2.57. The number of hydrogen-bond donors (Lipinski definition) is 2. The molecule has 2 aromatic carbocycles. The fraction of sp³-hybridized carbons (Fsp3) is 0.235. The van der Waals surface area contributed by atoms with Crippen LogP contribution in [0.15, 0.2) is 48.5 Å². The van der Waals surface area contributed by atoms with Gasteiger partial charge in [-0.2, -0.15) is 0 Å². The van der Waals surface area contributed by atoms with E-state index in [-0.39, 0.29) is 6.04 Å².